The molecule has 0 saturated carbocycles. The van der Waals surface area contributed by atoms with Crippen LogP contribution in [-0.4, -0.2) is 31.1 Å². The van der Waals surface area contributed by atoms with E-state index < -0.39 is 0 Å². The maximum absolute atomic E-state index is 10.2. The third-order valence-electron chi connectivity index (χ3n) is 1.18. The van der Waals surface area contributed by atoms with E-state index in [1.54, 1.807) is 6.92 Å². The summed E-state index contributed by atoms with van der Waals surface area (Å²) in [6.07, 6.45) is 1.88. The Labute approximate surface area is 132 Å². The molecule has 0 aliphatic carbocycles. The van der Waals surface area contributed by atoms with E-state index in [4.69, 9.17) is 5.41 Å². The van der Waals surface area contributed by atoms with Gasteiger partial charge in [-0.05, 0) is 13.5 Å². The first kappa shape index (κ1) is 22.0. The van der Waals surface area contributed by atoms with Crippen LogP contribution in [0.1, 0.15) is 20.8 Å². The van der Waals surface area contributed by atoms with Crippen molar-refractivity contribution in [2.24, 2.45) is 0 Å². The predicted octanol–water partition coefficient (Wildman–Crippen LogP) is -0.202. The fourth-order valence-corrected chi connectivity index (χ4v) is 0.514. The number of carbonyl (C=O) groups is 2. The molecular formula is C12H16N3O2U-. The fraction of sp³-hybridized carbons (Fsp3) is 0.417. The van der Waals surface area contributed by atoms with Gasteiger partial charge in [0, 0.05) is 45.0 Å². The molecule has 18 heavy (non-hydrogen) atoms. The molecular weight excluding hydrogens is 456 g/mol. The molecule has 5 nitrogen and oxygen atoms in total. The van der Waals surface area contributed by atoms with E-state index in [0.717, 1.165) is 0 Å². The van der Waals surface area contributed by atoms with E-state index in [2.05, 4.69) is 34.3 Å². The third-order valence-corrected chi connectivity index (χ3v) is 1.18. The average molecular weight is 472 g/mol. The van der Waals surface area contributed by atoms with Gasteiger partial charge in [0.1, 0.15) is 0 Å². The maximum Gasteiger partial charge on any atom is 0.217 e. The van der Waals surface area contributed by atoms with Crippen LogP contribution >= 0.6 is 0 Å². The third kappa shape index (κ3) is 29.3. The zero-order valence-corrected chi connectivity index (χ0v) is 14.9. The van der Waals surface area contributed by atoms with E-state index in [9.17, 15) is 9.59 Å². The Morgan fingerprint density at radius 3 is 1.89 bits per heavy atom. The minimum atomic E-state index is -0.116. The molecule has 0 aromatic carbocycles. The molecule has 0 saturated heterocycles. The summed E-state index contributed by atoms with van der Waals surface area (Å²) < 4.78 is 0. The molecule has 0 heterocycles. The van der Waals surface area contributed by atoms with Crippen LogP contribution in [0.5, 0.6) is 0 Å². The van der Waals surface area contributed by atoms with Crippen LogP contribution in [0.15, 0.2) is 0 Å². The largest absolute Gasteiger partial charge is 0.403 e. The number of rotatable bonds is 2. The topological polar surface area (TPSA) is 82.1 Å². The van der Waals surface area contributed by atoms with E-state index in [-0.39, 0.29) is 42.9 Å². The number of amides is 2. The summed E-state index contributed by atoms with van der Waals surface area (Å²) in [6.45, 7) is 5.38. The number of hydrogen-bond donors (Lipinski definition) is 3. The van der Waals surface area contributed by atoms with Gasteiger partial charge >= 0.3 is 0 Å². The first-order valence-electron chi connectivity index (χ1n) is 4.82. The van der Waals surface area contributed by atoms with Crippen LogP contribution in [0.4, 0.5) is 0 Å². The van der Waals surface area contributed by atoms with Crippen LogP contribution in [0.2, 0.25) is 0 Å². The quantitative estimate of drug-likeness (QED) is 0.296. The van der Waals surface area contributed by atoms with Gasteiger partial charge in [-0.25, -0.2) is 0 Å². The van der Waals surface area contributed by atoms with Crippen molar-refractivity contribution >= 4 is 18.0 Å². The van der Waals surface area contributed by atoms with Crippen LogP contribution in [0, 0.1) is 60.2 Å². The second kappa shape index (κ2) is 18.2. The molecule has 0 aliphatic rings. The molecule has 6 heteroatoms. The van der Waals surface area contributed by atoms with Gasteiger partial charge in [0.05, 0.1) is 6.54 Å². The van der Waals surface area contributed by atoms with E-state index in [0.29, 0.717) is 13.1 Å². The minimum Gasteiger partial charge on any atom is -0.403 e. The van der Waals surface area contributed by atoms with Crippen molar-refractivity contribution in [3.8, 4) is 23.7 Å². The van der Waals surface area contributed by atoms with Gasteiger partial charge in [0.15, 0.2) is 0 Å². The van der Waals surface area contributed by atoms with Crippen molar-refractivity contribution in [3.05, 3.63) is 0 Å². The molecule has 0 unspecified atom stereocenters. The summed E-state index contributed by atoms with van der Waals surface area (Å²) in [5, 5.41) is 11.3. The van der Waals surface area contributed by atoms with Gasteiger partial charge in [-0.1, -0.05) is 5.92 Å². The summed E-state index contributed by atoms with van der Waals surface area (Å²) in [7, 11) is 0. The zero-order valence-electron chi connectivity index (χ0n) is 10.7. The van der Waals surface area contributed by atoms with Gasteiger partial charge in [-0.15, -0.1) is 12.1 Å². The second-order valence-corrected chi connectivity index (χ2v) is 2.67. The predicted molar refractivity (Wildman–Crippen MR) is 66.3 cm³/mol. The minimum absolute atomic E-state index is 0. The van der Waals surface area contributed by atoms with Crippen molar-refractivity contribution in [2.45, 2.75) is 20.8 Å². The molecule has 0 atom stereocenters. The van der Waals surface area contributed by atoms with E-state index in [1.807, 2.05) is 6.21 Å². The van der Waals surface area contributed by atoms with Gasteiger partial charge in [0.2, 0.25) is 11.8 Å². The summed E-state index contributed by atoms with van der Waals surface area (Å²) in [5.74, 6) is 9.95. The number of hydrogen-bond acceptors (Lipinski definition) is 3. The Bertz CT molecular complexity index is 372. The Hall–Kier alpha value is -1.22. The van der Waals surface area contributed by atoms with Crippen LogP contribution in [0.3, 0.4) is 0 Å². The van der Waals surface area contributed by atoms with Crippen molar-refractivity contribution in [1.29, 1.82) is 5.41 Å². The molecule has 0 fully saturated rings. The zero-order chi connectivity index (χ0) is 13.5. The molecule has 0 aromatic heterocycles. The molecule has 0 aliphatic heterocycles. The normalized spacial score (nSPS) is 6.39. The van der Waals surface area contributed by atoms with Gasteiger partial charge < -0.3 is 22.0 Å². The Balaban J connectivity index is -0.000000238. The van der Waals surface area contributed by atoms with E-state index >= 15 is 0 Å². The molecule has 0 radical (unpaired) electrons. The van der Waals surface area contributed by atoms with Gasteiger partial charge in [-0.2, -0.15) is 0 Å². The monoisotopic (exact) mass is 472 g/mol. The molecule has 0 rings (SSSR count). The molecule has 0 spiro atoms. The van der Waals surface area contributed by atoms with Crippen LogP contribution < -0.4 is 10.6 Å². The first-order valence-corrected chi connectivity index (χ1v) is 4.82. The van der Waals surface area contributed by atoms with Gasteiger partial charge in [0.25, 0.3) is 0 Å². The Kier molecular flexibility index (Phi) is 22.2. The second-order valence-electron chi connectivity index (χ2n) is 2.67. The molecule has 3 N–H and O–H groups in total. The Morgan fingerprint density at radius 1 is 1.11 bits per heavy atom. The number of carbonyl (C=O) groups excluding carboxylic acids is 2. The number of nitrogens with one attached hydrogen (secondary N) is 3. The SMILES string of the molecule is CC#CCNC(C)=O.CC(=O)NCC#C[C-]=N.[U]. The van der Waals surface area contributed by atoms with Crippen LogP contribution in [-0.2, 0) is 9.59 Å². The molecule has 0 aromatic rings. The smallest absolute Gasteiger partial charge is 0.217 e. The molecule has 96 valence electrons. The Morgan fingerprint density at radius 2 is 1.56 bits per heavy atom. The van der Waals surface area contributed by atoms with E-state index in [1.165, 1.54) is 13.8 Å². The first-order chi connectivity index (χ1) is 8.04. The molecule has 0 bridgehead atoms. The average Bonchev–Trinajstić information content (AvgIpc) is 2.25. The summed E-state index contributed by atoms with van der Waals surface area (Å²) in [5.41, 5.74) is 0. The van der Waals surface area contributed by atoms with Crippen LogP contribution in [0.25, 0.3) is 0 Å². The van der Waals surface area contributed by atoms with Crippen molar-refractivity contribution < 1.29 is 40.7 Å². The standard InChI is InChI=1S/C6H7N2O.C6H9NO.U/c1-6(9)8-5-3-2-4-7;1-3-4-5-7-6(2)8;/h7H,5H2,1H3,(H,8,9);5H2,1-2H3,(H,7,8);/q-1;;. The maximum atomic E-state index is 10.2. The van der Waals surface area contributed by atoms with Crippen molar-refractivity contribution in [1.82, 2.24) is 10.6 Å². The summed E-state index contributed by atoms with van der Waals surface area (Å²) >= 11 is 0. The summed E-state index contributed by atoms with van der Waals surface area (Å²) in [4.78, 5) is 20.3. The van der Waals surface area contributed by atoms with Crippen molar-refractivity contribution in [3.63, 3.8) is 0 Å². The fourth-order valence-electron chi connectivity index (χ4n) is 0.514. The van der Waals surface area contributed by atoms with Gasteiger partial charge in [-0.3, -0.25) is 15.5 Å². The van der Waals surface area contributed by atoms with Crippen molar-refractivity contribution in [2.75, 3.05) is 13.1 Å². The molecule has 2 amide bonds. The summed E-state index contributed by atoms with van der Waals surface area (Å²) in [6, 6.07) is 0.